The summed E-state index contributed by atoms with van der Waals surface area (Å²) in [7, 11) is 0. The first-order valence-electron chi connectivity index (χ1n) is 6.04. The third-order valence-electron chi connectivity index (χ3n) is 3.69. The first-order valence-corrected chi connectivity index (χ1v) is 6.04. The average Bonchev–Trinajstić information content (AvgIpc) is 2.27. The van der Waals surface area contributed by atoms with Gasteiger partial charge in [0.1, 0.15) is 0 Å². The van der Waals surface area contributed by atoms with Crippen molar-refractivity contribution in [2.45, 2.75) is 39.7 Å². The Morgan fingerprint density at radius 2 is 2.06 bits per heavy atom. The van der Waals surface area contributed by atoms with Crippen LogP contribution in [0.4, 0.5) is 0 Å². The van der Waals surface area contributed by atoms with E-state index < -0.39 is 17.4 Å². The van der Waals surface area contributed by atoms with Crippen molar-refractivity contribution in [3.05, 3.63) is 0 Å². The minimum Gasteiger partial charge on any atom is -0.481 e. The predicted molar refractivity (Wildman–Crippen MR) is 64.4 cm³/mol. The number of rotatable bonds is 3. The molecule has 1 heterocycles. The molecule has 0 aliphatic carbocycles. The molecule has 0 aromatic carbocycles. The summed E-state index contributed by atoms with van der Waals surface area (Å²) >= 11 is 0. The SMILES string of the molecule is CC(N)C(=O)N1CCCC(C(C)(C)C(=O)O)C1. The molecule has 98 valence electrons. The van der Waals surface area contributed by atoms with E-state index in [4.69, 9.17) is 5.73 Å². The first kappa shape index (κ1) is 14.0. The Balaban J connectivity index is 2.73. The molecule has 1 aliphatic rings. The maximum atomic E-state index is 11.8. The molecule has 5 nitrogen and oxygen atoms in total. The highest BCUT2D eigenvalue weighted by molar-refractivity contribution is 5.81. The van der Waals surface area contributed by atoms with Crippen LogP contribution in [0.2, 0.25) is 0 Å². The number of carbonyl (C=O) groups excluding carboxylic acids is 1. The third-order valence-corrected chi connectivity index (χ3v) is 3.69. The minimum atomic E-state index is -0.808. The molecule has 0 aromatic heterocycles. The van der Waals surface area contributed by atoms with E-state index in [2.05, 4.69) is 0 Å². The predicted octanol–water partition coefficient (Wildman–Crippen LogP) is 0.683. The highest BCUT2D eigenvalue weighted by Crippen LogP contribution is 2.34. The highest BCUT2D eigenvalue weighted by Gasteiger charge is 2.40. The van der Waals surface area contributed by atoms with Gasteiger partial charge in [-0.1, -0.05) is 0 Å². The van der Waals surface area contributed by atoms with Crippen LogP contribution in [-0.2, 0) is 9.59 Å². The van der Waals surface area contributed by atoms with Gasteiger partial charge in [0.25, 0.3) is 0 Å². The van der Waals surface area contributed by atoms with Crippen molar-refractivity contribution < 1.29 is 14.7 Å². The number of likely N-dealkylation sites (tertiary alicyclic amines) is 1. The van der Waals surface area contributed by atoms with Crippen molar-refractivity contribution in [1.29, 1.82) is 0 Å². The third kappa shape index (κ3) is 2.97. The van der Waals surface area contributed by atoms with Gasteiger partial charge in [0.05, 0.1) is 11.5 Å². The number of nitrogens with zero attached hydrogens (tertiary/aromatic N) is 1. The molecule has 0 bridgehead atoms. The number of nitrogens with two attached hydrogens (primary N) is 1. The number of carboxylic acids is 1. The molecule has 5 heteroatoms. The summed E-state index contributed by atoms with van der Waals surface area (Å²) in [6.07, 6.45) is 1.70. The Morgan fingerprint density at radius 1 is 1.47 bits per heavy atom. The van der Waals surface area contributed by atoms with Gasteiger partial charge >= 0.3 is 5.97 Å². The zero-order valence-corrected chi connectivity index (χ0v) is 10.8. The van der Waals surface area contributed by atoms with E-state index in [9.17, 15) is 14.7 Å². The lowest BCUT2D eigenvalue weighted by Gasteiger charge is -2.39. The van der Waals surface area contributed by atoms with E-state index in [1.165, 1.54) is 0 Å². The standard InChI is InChI=1S/C12H22N2O3/c1-8(13)10(15)14-6-4-5-9(7-14)12(2,3)11(16)17/h8-9H,4-7,13H2,1-3H3,(H,16,17). The van der Waals surface area contributed by atoms with Gasteiger partial charge in [-0.2, -0.15) is 0 Å². The molecule has 1 amide bonds. The van der Waals surface area contributed by atoms with Gasteiger partial charge in [-0.3, -0.25) is 9.59 Å². The molecule has 0 radical (unpaired) electrons. The van der Waals surface area contributed by atoms with E-state index in [1.807, 2.05) is 0 Å². The Labute approximate surface area is 102 Å². The normalized spacial score (nSPS) is 23.3. The van der Waals surface area contributed by atoms with Crippen LogP contribution in [0.1, 0.15) is 33.6 Å². The lowest BCUT2D eigenvalue weighted by atomic mass is 9.74. The molecule has 0 aromatic rings. The van der Waals surface area contributed by atoms with E-state index in [0.29, 0.717) is 13.1 Å². The lowest BCUT2D eigenvalue weighted by Crippen LogP contribution is -2.50. The fourth-order valence-corrected chi connectivity index (χ4v) is 2.23. The molecule has 3 N–H and O–H groups in total. The minimum absolute atomic E-state index is 0.00329. The van der Waals surface area contributed by atoms with Crippen LogP contribution in [0.5, 0.6) is 0 Å². The second kappa shape index (κ2) is 5.04. The van der Waals surface area contributed by atoms with Crippen molar-refractivity contribution in [2.24, 2.45) is 17.1 Å². The average molecular weight is 242 g/mol. The number of amides is 1. The topological polar surface area (TPSA) is 83.6 Å². The van der Waals surface area contributed by atoms with Crippen LogP contribution in [0.25, 0.3) is 0 Å². The number of aliphatic carboxylic acids is 1. The molecule has 1 aliphatic heterocycles. The van der Waals surface area contributed by atoms with Gasteiger partial charge in [-0.25, -0.2) is 0 Å². The summed E-state index contributed by atoms with van der Waals surface area (Å²) in [6.45, 7) is 6.29. The summed E-state index contributed by atoms with van der Waals surface area (Å²) < 4.78 is 0. The molecule has 1 fully saturated rings. The van der Waals surface area contributed by atoms with E-state index >= 15 is 0 Å². The van der Waals surface area contributed by atoms with E-state index in [-0.39, 0.29) is 11.8 Å². The Hall–Kier alpha value is -1.10. The van der Waals surface area contributed by atoms with Crippen molar-refractivity contribution in [3.8, 4) is 0 Å². The smallest absolute Gasteiger partial charge is 0.309 e. The quantitative estimate of drug-likeness (QED) is 0.762. The molecule has 0 saturated carbocycles. The maximum Gasteiger partial charge on any atom is 0.309 e. The molecule has 2 atom stereocenters. The van der Waals surface area contributed by atoms with Gasteiger partial charge < -0.3 is 15.7 Å². The van der Waals surface area contributed by atoms with E-state index in [1.54, 1.807) is 25.7 Å². The number of carbonyl (C=O) groups is 2. The van der Waals surface area contributed by atoms with Gasteiger partial charge in [-0.05, 0) is 39.5 Å². The zero-order valence-electron chi connectivity index (χ0n) is 10.8. The van der Waals surface area contributed by atoms with Crippen molar-refractivity contribution in [2.75, 3.05) is 13.1 Å². The Bertz CT molecular complexity index is 313. The van der Waals surface area contributed by atoms with Gasteiger partial charge in [0.15, 0.2) is 0 Å². The molecule has 0 spiro atoms. The number of carboxylic acid groups (broad SMARTS) is 1. The fourth-order valence-electron chi connectivity index (χ4n) is 2.23. The Morgan fingerprint density at radius 3 is 2.53 bits per heavy atom. The summed E-state index contributed by atoms with van der Waals surface area (Å²) in [5.41, 5.74) is 4.78. The number of piperidine rings is 1. The first-order chi connectivity index (χ1) is 7.76. The van der Waals surface area contributed by atoms with Crippen LogP contribution in [-0.4, -0.2) is 41.0 Å². The van der Waals surface area contributed by atoms with Crippen LogP contribution < -0.4 is 5.73 Å². The molecular formula is C12H22N2O3. The van der Waals surface area contributed by atoms with Crippen LogP contribution in [0, 0.1) is 11.3 Å². The molecule has 17 heavy (non-hydrogen) atoms. The van der Waals surface area contributed by atoms with E-state index in [0.717, 1.165) is 12.8 Å². The van der Waals surface area contributed by atoms with Gasteiger partial charge in [0.2, 0.25) is 5.91 Å². The lowest BCUT2D eigenvalue weighted by molar-refractivity contribution is -0.153. The summed E-state index contributed by atoms with van der Waals surface area (Å²) in [4.78, 5) is 24.7. The zero-order chi connectivity index (χ0) is 13.2. The largest absolute Gasteiger partial charge is 0.481 e. The van der Waals surface area contributed by atoms with Crippen LogP contribution >= 0.6 is 0 Å². The summed E-state index contributed by atoms with van der Waals surface area (Å²) in [6, 6.07) is -0.512. The molecule has 1 saturated heterocycles. The monoisotopic (exact) mass is 242 g/mol. The molecular weight excluding hydrogens is 220 g/mol. The Kier molecular flexibility index (Phi) is 4.14. The summed E-state index contributed by atoms with van der Waals surface area (Å²) in [5.74, 6) is -0.898. The highest BCUT2D eigenvalue weighted by atomic mass is 16.4. The van der Waals surface area contributed by atoms with Crippen molar-refractivity contribution in [3.63, 3.8) is 0 Å². The molecule has 1 rings (SSSR count). The molecule has 2 unspecified atom stereocenters. The van der Waals surface area contributed by atoms with Crippen molar-refractivity contribution in [1.82, 2.24) is 4.90 Å². The second-order valence-corrected chi connectivity index (χ2v) is 5.44. The van der Waals surface area contributed by atoms with Crippen LogP contribution in [0.3, 0.4) is 0 Å². The fraction of sp³-hybridized carbons (Fsp3) is 0.833. The second-order valence-electron chi connectivity index (χ2n) is 5.44. The number of hydrogen-bond donors (Lipinski definition) is 2. The van der Waals surface area contributed by atoms with Gasteiger partial charge in [0, 0.05) is 13.1 Å². The maximum absolute atomic E-state index is 11.8. The van der Waals surface area contributed by atoms with Crippen molar-refractivity contribution >= 4 is 11.9 Å². The number of hydrogen-bond acceptors (Lipinski definition) is 3. The summed E-state index contributed by atoms with van der Waals surface area (Å²) in [5, 5.41) is 9.20. The van der Waals surface area contributed by atoms with Crippen LogP contribution in [0.15, 0.2) is 0 Å². The van der Waals surface area contributed by atoms with Gasteiger partial charge in [-0.15, -0.1) is 0 Å².